The van der Waals surface area contributed by atoms with Gasteiger partial charge in [-0.05, 0) is 24.6 Å². The molecular formula is C12H12FNO2. The molecule has 0 heterocycles. The lowest BCUT2D eigenvalue weighted by molar-refractivity contribution is 0.0692. The first-order valence-electron chi connectivity index (χ1n) is 4.84. The van der Waals surface area contributed by atoms with E-state index in [1.54, 1.807) is 0 Å². The summed E-state index contributed by atoms with van der Waals surface area (Å²) < 4.78 is 13.3. The summed E-state index contributed by atoms with van der Waals surface area (Å²) in [5, 5.41) is 11.6. The second-order valence-corrected chi connectivity index (χ2v) is 3.27. The Kier molecular flexibility index (Phi) is 3.90. The van der Waals surface area contributed by atoms with Gasteiger partial charge in [-0.2, -0.15) is 0 Å². The highest BCUT2D eigenvalue weighted by atomic mass is 19.1. The number of rotatable bonds is 4. The summed E-state index contributed by atoms with van der Waals surface area (Å²) >= 11 is 0. The second kappa shape index (κ2) is 5.17. The highest BCUT2D eigenvalue weighted by molar-refractivity contribution is 5.88. The Morgan fingerprint density at radius 3 is 2.81 bits per heavy atom. The number of hydrogen-bond acceptors (Lipinski definition) is 2. The van der Waals surface area contributed by atoms with E-state index in [9.17, 15) is 9.18 Å². The van der Waals surface area contributed by atoms with Gasteiger partial charge < -0.3 is 10.4 Å². The van der Waals surface area contributed by atoms with Crippen LogP contribution in [0.5, 0.6) is 0 Å². The van der Waals surface area contributed by atoms with Crippen molar-refractivity contribution in [3.8, 4) is 12.3 Å². The smallest absolute Gasteiger partial charge is 0.338 e. The summed E-state index contributed by atoms with van der Waals surface area (Å²) in [6, 6.07) is 3.65. The first-order valence-corrected chi connectivity index (χ1v) is 4.84. The van der Waals surface area contributed by atoms with Crippen molar-refractivity contribution in [3.05, 3.63) is 29.6 Å². The molecule has 0 saturated heterocycles. The number of benzene rings is 1. The van der Waals surface area contributed by atoms with Crippen LogP contribution in [0.1, 0.15) is 23.7 Å². The maximum atomic E-state index is 13.3. The number of carboxylic acid groups (broad SMARTS) is 1. The number of carbonyl (C=O) groups is 1. The first-order chi connectivity index (χ1) is 7.58. The molecule has 0 spiro atoms. The van der Waals surface area contributed by atoms with Crippen molar-refractivity contribution in [1.82, 2.24) is 0 Å². The topological polar surface area (TPSA) is 49.3 Å². The lowest BCUT2D eigenvalue weighted by Gasteiger charge is -2.12. The standard InChI is InChI=1S/C12H12FNO2/c1-3-8(4-2)14-9-5-6-10(12(15)16)11(13)7-9/h1,5-8,14H,4H2,2H3,(H,15,16). The first kappa shape index (κ1) is 12.1. The van der Waals surface area contributed by atoms with Crippen LogP contribution in [0, 0.1) is 18.2 Å². The normalized spacial score (nSPS) is 11.6. The minimum Gasteiger partial charge on any atom is -0.478 e. The Morgan fingerprint density at radius 2 is 2.38 bits per heavy atom. The van der Waals surface area contributed by atoms with E-state index in [2.05, 4.69) is 11.2 Å². The molecule has 1 aromatic carbocycles. The molecule has 0 aliphatic rings. The largest absolute Gasteiger partial charge is 0.478 e. The third-order valence-electron chi connectivity index (χ3n) is 2.15. The molecule has 2 N–H and O–H groups in total. The van der Waals surface area contributed by atoms with Gasteiger partial charge in [0.2, 0.25) is 0 Å². The third kappa shape index (κ3) is 2.74. The van der Waals surface area contributed by atoms with Gasteiger partial charge in [-0.3, -0.25) is 0 Å². The summed E-state index contributed by atoms with van der Waals surface area (Å²) in [5.41, 5.74) is 0.131. The van der Waals surface area contributed by atoms with Crippen molar-refractivity contribution in [3.63, 3.8) is 0 Å². The molecule has 0 radical (unpaired) electrons. The molecule has 1 rings (SSSR count). The van der Waals surface area contributed by atoms with E-state index in [1.165, 1.54) is 12.1 Å². The van der Waals surface area contributed by atoms with Gasteiger partial charge in [-0.15, -0.1) is 6.42 Å². The fraction of sp³-hybridized carbons (Fsp3) is 0.250. The summed E-state index contributed by atoms with van der Waals surface area (Å²) in [7, 11) is 0. The van der Waals surface area contributed by atoms with Gasteiger partial charge in [0.05, 0.1) is 11.6 Å². The molecule has 1 aromatic rings. The number of halogens is 1. The summed E-state index contributed by atoms with van der Waals surface area (Å²) in [5.74, 6) is 0.449. The van der Waals surface area contributed by atoms with Crippen LogP contribution in [0.25, 0.3) is 0 Å². The number of carboxylic acids is 1. The van der Waals surface area contributed by atoms with Gasteiger partial charge in [0, 0.05) is 5.69 Å². The average Bonchev–Trinajstić information content (AvgIpc) is 2.25. The Labute approximate surface area is 93.3 Å². The molecule has 0 fully saturated rings. The van der Waals surface area contributed by atoms with Gasteiger partial charge >= 0.3 is 5.97 Å². The zero-order valence-corrected chi connectivity index (χ0v) is 8.83. The molecule has 0 amide bonds. The van der Waals surface area contributed by atoms with Crippen LogP contribution in [-0.2, 0) is 0 Å². The molecule has 16 heavy (non-hydrogen) atoms. The van der Waals surface area contributed by atoms with Crippen LogP contribution < -0.4 is 5.32 Å². The quantitative estimate of drug-likeness (QED) is 0.767. The molecule has 4 heteroatoms. The number of nitrogens with one attached hydrogen (secondary N) is 1. The van der Waals surface area contributed by atoms with Crippen molar-refractivity contribution in [1.29, 1.82) is 0 Å². The van der Waals surface area contributed by atoms with E-state index < -0.39 is 11.8 Å². The van der Waals surface area contributed by atoms with E-state index in [4.69, 9.17) is 11.5 Å². The number of aromatic carboxylic acids is 1. The molecule has 0 bridgehead atoms. The lowest BCUT2D eigenvalue weighted by atomic mass is 10.1. The minimum atomic E-state index is -1.28. The van der Waals surface area contributed by atoms with Crippen molar-refractivity contribution < 1.29 is 14.3 Å². The molecule has 0 aromatic heterocycles. The Morgan fingerprint density at radius 1 is 1.69 bits per heavy atom. The third-order valence-corrected chi connectivity index (χ3v) is 2.15. The summed E-state index contributed by atoms with van der Waals surface area (Å²) in [6.45, 7) is 1.90. The highest BCUT2D eigenvalue weighted by Crippen LogP contribution is 2.15. The zero-order chi connectivity index (χ0) is 12.1. The number of anilines is 1. The van der Waals surface area contributed by atoms with Crippen molar-refractivity contribution >= 4 is 11.7 Å². The van der Waals surface area contributed by atoms with Crippen LogP contribution in [-0.4, -0.2) is 17.1 Å². The lowest BCUT2D eigenvalue weighted by Crippen LogP contribution is -2.16. The fourth-order valence-electron chi connectivity index (χ4n) is 1.24. The maximum absolute atomic E-state index is 13.3. The van der Waals surface area contributed by atoms with E-state index in [0.29, 0.717) is 12.1 Å². The Bertz CT molecular complexity index is 437. The van der Waals surface area contributed by atoms with Gasteiger partial charge in [-0.25, -0.2) is 9.18 Å². The maximum Gasteiger partial charge on any atom is 0.338 e. The van der Waals surface area contributed by atoms with Crippen LogP contribution in [0.4, 0.5) is 10.1 Å². The van der Waals surface area contributed by atoms with Crippen LogP contribution in [0.2, 0.25) is 0 Å². The van der Waals surface area contributed by atoms with E-state index in [-0.39, 0.29) is 11.6 Å². The molecule has 0 saturated carbocycles. The van der Waals surface area contributed by atoms with Gasteiger partial charge in [-0.1, -0.05) is 12.8 Å². The van der Waals surface area contributed by atoms with Crippen LogP contribution in [0.15, 0.2) is 18.2 Å². The van der Waals surface area contributed by atoms with E-state index in [1.807, 2.05) is 6.92 Å². The van der Waals surface area contributed by atoms with Crippen molar-refractivity contribution in [2.75, 3.05) is 5.32 Å². The second-order valence-electron chi connectivity index (χ2n) is 3.27. The minimum absolute atomic E-state index is 0.185. The van der Waals surface area contributed by atoms with Gasteiger partial charge in [0.1, 0.15) is 5.82 Å². The molecule has 0 aliphatic heterocycles. The monoisotopic (exact) mass is 221 g/mol. The summed E-state index contributed by atoms with van der Waals surface area (Å²) in [6.07, 6.45) is 5.95. The highest BCUT2D eigenvalue weighted by Gasteiger charge is 2.11. The zero-order valence-electron chi connectivity index (χ0n) is 8.83. The molecule has 0 aliphatic carbocycles. The van der Waals surface area contributed by atoms with Gasteiger partial charge in [0.15, 0.2) is 0 Å². The molecule has 1 unspecified atom stereocenters. The molecule has 84 valence electrons. The Balaban J connectivity index is 2.90. The van der Waals surface area contributed by atoms with Crippen LogP contribution >= 0.6 is 0 Å². The average molecular weight is 221 g/mol. The SMILES string of the molecule is C#CC(CC)Nc1ccc(C(=O)O)c(F)c1. The van der Waals surface area contributed by atoms with Crippen molar-refractivity contribution in [2.45, 2.75) is 19.4 Å². The van der Waals surface area contributed by atoms with Crippen molar-refractivity contribution in [2.24, 2.45) is 0 Å². The predicted molar refractivity (Wildman–Crippen MR) is 59.9 cm³/mol. The predicted octanol–water partition coefficient (Wildman–Crippen LogP) is 2.35. The van der Waals surface area contributed by atoms with Crippen LogP contribution in [0.3, 0.4) is 0 Å². The molecule has 3 nitrogen and oxygen atoms in total. The summed E-state index contributed by atoms with van der Waals surface area (Å²) in [4.78, 5) is 10.6. The molecule has 1 atom stereocenters. The number of hydrogen-bond donors (Lipinski definition) is 2. The Hall–Kier alpha value is -2.02. The van der Waals surface area contributed by atoms with E-state index in [0.717, 1.165) is 6.07 Å². The van der Waals surface area contributed by atoms with E-state index >= 15 is 0 Å². The molecular weight excluding hydrogens is 209 g/mol. The van der Waals surface area contributed by atoms with Gasteiger partial charge in [0.25, 0.3) is 0 Å². The fourth-order valence-corrected chi connectivity index (χ4v) is 1.24. The number of terminal acetylenes is 1.